The number of furan rings is 1. The fraction of sp³-hybridized carbons (Fsp3) is 0. The van der Waals surface area contributed by atoms with Crippen LogP contribution in [0.25, 0.3) is 120 Å². The zero-order chi connectivity index (χ0) is 46.1. The minimum absolute atomic E-state index is 0.863. The van der Waals surface area contributed by atoms with Gasteiger partial charge in [0.15, 0.2) is 5.58 Å². The monoisotopic (exact) mass is 889 g/mol. The maximum atomic E-state index is 6.86. The first-order chi connectivity index (χ1) is 34.6. The molecule has 14 aromatic rings. The SMILES string of the molecule is c1ccc2cc(-c3ccc4cc(-c5ccc(N(c6ccc(-c7ccc8ccc(-c9ccc%10ccccc%10c9)cc8c7)cc6)c6cc7ccccc7c7c6oc6ccccc67)cc5)ccc4c3)ccc2c1. The van der Waals surface area contributed by atoms with Crippen LogP contribution in [0.1, 0.15) is 0 Å². The molecule has 0 aliphatic heterocycles. The van der Waals surface area contributed by atoms with Gasteiger partial charge in [0.25, 0.3) is 0 Å². The molecule has 0 unspecified atom stereocenters. The van der Waals surface area contributed by atoms with E-state index in [9.17, 15) is 0 Å². The van der Waals surface area contributed by atoms with Gasteiger partial charge in [-0.2, -0.15) is 0 Å². The summed E-state index contributed by atoms with van der Waals surface area (Å²) in [5, 5.41) is 14.5. The molecule has 0 atom stereocenters. The van der Waals surface area contributed by atoms with Crippen LogP contribution >= 0.6 is 0 Å². The summed E-state index contributed by atoms with van der Waals surface area (Å²) in [6.07, 6.45) is 0. The molecule has 0 amide bonds. The molecule has 0 aliphatic rings. The van der Waals surface area contributed by atoms with Crippen molar-refractivity contribution in [3.63, 3.8) is 0 Å². The quantitative estimate of drug-likeness (QED) is 0.159. The highest BCUT2D eigenvalue weighted by molar-refractivity contribution is 6.23. The summed E-state index contributed by atoms with van der Waals surface area (Å²) in [6, 6.07) is 95.1. The molecule has 0 N–H and O–H groups in total. The van der Waals surface area contributed by atoms with Crippen LogP contribution in [0.15, 0.2) is 265 Å². The van der Waals surface area contributed by atoms with E-state index in [0.717, 1.165) is 55.5 Å². The molecule has 0 fully saturated rings. The third-order valence-corrected chi connectivity index (χ3v) is 14.4. The summed E-state index contributed by atoms with van der Waals surface area (Å²) >= 11 is 0. The number of anilines is 3. The number of para-hydroxylation sites is 1. The Labute approximate surface area is 405 Å². The largest absolute Gasteiger partial charge is 0.454 e. The summed E-state index contributed by atoms with van der Waals surface area (Å²) in [5.41, 5.74) is 14.4. The van der Waals surface area contributed by atoms with Crippen LogP contribution in [0, 0.1) is 0 Å². The lowest BCUT2D eigenvalue weighted by atomic mass is 9.96. The van der Waals surface area contributed by atoms with Crippen LogP contribution < -0.4 is 4.90 Å². The van der Waals surface area contributed by atoms with Crippen molar-refractivity contribution in [1.82, 2.24) is 0 Å². The van der Waals surface area contributed by atoms with E-state index in [1.165, 1.54) is 81.9 Å². The van der Waals surface area contributed by atoms with Crippen LogP contribution in [-0.4, -0.2) is 0 Å². The highest BCUT2D eigenvalue weighted by atomic mass is 16.3. The van der Waals surface area contributed by atoms with Crippen molar-refractivity contribution >= 4 is 92.9 Å². The number of benzene rings is 13. The summed E-state index contributed by atoms with van der Waals surface area (Å²) in [4.78, 5) is 2.36. The van der Waals surface area contributed by atoms with Gasteiger partial charge < -0.3 is 9.32 Å². The molecule has 2 heteroatoms. The van der Waals surface area contributed by atoms with Gasteiger partial charge in [-0.25, -0.2) is 0 Å². The van der Waals surface area contributed by atoms with Crippen LogP contribution in [-0.2, 0) is 0 Å². The highest BCUT2D eigenvalue weighted by Gasteiger charge is 2.22. The second kappa shape index (κ2) is 16.2. The lowest BCUT2D eigenvalue weighted by Crippen LogP contribution is -2.10. The van der Waals surface area contributed by atoms with Gasteiger partial charge in [0.1, 0.15) is 5.58 Å². The van der Waals surface area contributed by atoms with Crippen molar-refractivity contribution in [1.29, 1.82) is 0 Å². The Kier molecular flexibility index (Phi) is 9.25. The van der Waals surface area contributed by atoms with Gasteiger partial charge in [0.2, 0.25) is 0 Å². The van der Waals surface area contributed by atoms with Crippen molar-refractivity contribution < 1.29 is 4.42 Å². The molecule has 0 bridgehead atoms. The van der Waals surface area contributed by atoms with Crippen molar-refractivity contribution in [3.8, 4) is 44.5 Å². The van der Waals surface area contributed by atoms with E-state index in [0.29, 0.717) is 0 Å². The number of hydrogen-bond donors (Lipinski definition) is 0. The lowest BCUT2D eigenvalue weighted by Gasteiger charge is -2.26. The van der Waals surface area contributed by atoms with Crippen molar-refractivity contribution in [2.75, 3.05) is 4.90 Å². The van der Waals surface area contributed by atoms with Gasteiger partial charge in [0, 0.05) is 22.1 Å². The third-order valence-electron chi connectivity index (χ3n) is 14.4. The Bertz CT molecular complexity index is 4350. The van der Waals surface area contributed by atoms with Crippen molar-refractivity contribution in [2.24, 2.45) is 0 Å². The normalized spacial score (nSPS) is 11.7. The maximum Gasteiger partial charge on any atom is 0.160 e. The average molecular weight is 890 g/mol. The molecule has 2 nitrogen and oxygen atoms in total. The molecule has 0 saturated carbocycles. The molecule has 14 rings (SSSR count). The Morgan fingerprint density at radius 2 is 0.586 bits per heavy atom. The van der Waals surface area contributed by atoms with Gasteiger partial charge in [-0.15, -0.1) is 0 Å². The molecule has 13 aromatic carbocycles. The van der Waals surface area contributed by atoms with Crippen molar-refractivity contribution in [3.05, 3.63) is 261 Å². The second-order valence-corrected chi connectivity index (χ2v) is 18.5. The Balaban J connectivity index is 0.844. The molecule has 0 saturated heterocycles. The van der Waals surface area contributed by atoms with E-state index in [2.05, 4.69) is 266 Å². The predicted octanol–water partition coefficient (Wildman–Crippen LogP) is 19.5. The first kappa shape index (κ1) is 39.9. The van der Waals surface area contributed by atoms with E-state index >= 15 is 0 Å². The topological polar surface area (TPSA) is 16.4 Å². The second-order valence-electron chi connectivity index (χ2n) is 18.5. The van der Waals surface area contributed by atoms with Gasteiger partial charge in [0.05, 0.1) is 5.69 Å². The molecular formula is C68H43NO. The first-order valence-corrected chi connectivity index (χ1v) is 24.0. The van der Waals surface area contributed by atoms with Crippen LogP contribution in [0.2, 0.25) is 0 Å². The molecule has 1 heterocycles. The third kappa shape index (κ3) is 6.88. The zero-order valence-corrected chi connectivity index (χ0v) is 38.2. The fourth-order valence-corrected chi connectivity index (χ4v) is 10.7. The predicted molar refractivity (Wildman–Crippen MR) is 298 cm³/mol. The Morgan fingerprint density at radius 1 is 0.243 bits per heavy atom. The molecule has 0 radical (unpaired) electrons. The van der Waals surface area contributed by atoms with E-state index in [4.69, 9.17) is 4.42 Å². The van der Waals surface area contributed by atoms with Gasteiger partial charge >= 0.3 is 0 Å². The van der Waals surface area contributed by atoms with E-state index < -0.39 is 0 Å². The number of rotatable bonds is 7. The zero-order valence-electron chi connectivity index (χ0n) is 38.2. The Hall–Kier alpha value is -9.24. The number of fused-ring (bicyclic) bond motifs is 9. The van der Waals surface area contributed by atoms with Crippen LogP contribution in [0.5, 0.6) is 0 Å². The van der Waals surface area contributed by atoms with Crippen molar-refractivity contribution in [2.45, 2.75) is 0 Å². The van der Waals surface area contributed by atoms with Crippen LogP contribution in [0.4, 0.5) is 17.1 Å². The molecule has 326 valence electrons. The van der Waals surface area contributed by atoms with Crippen LogP contribution in [0.3, 0.4) is 0 Å². The first-order valence-electron chi connectivity index (χ1n) is 24.0. The highest BCUT2D eigenvalue weighted by Crippen LogP contribution is 2.46. The average Bonchev–Trinajstić information content (AvgIpc) is 3.83. The van der Waals surface area contributed by atoms with Gasteiger partial charge in [-0.1, -0.05) is 188 Å². The summed E-state index contributed by atoms with van der Waals surface area (Å²) in [6.45, 7) is 0. The van der Waals surface area contributed by atoms with Gasteiger partial charge in [-0.3, -0.25) is 0 Å². The number of hydrogen-bond acceptors (Lipinski definition) is 2. The molecule has 70 heavy (non-hydrogen) atoms. The fourth-order valence-electron chi connectivity index (χ4n) is 10.7. The lowest BCUT2D eigenvalue weighted by molar-refractivity contribution is 0.669. The standard InChI is InChI=1S/C68H43NO/c1-3-11-49-37-53(22-17-44(49)9-1)57-28-27-55-39-51(25-26-56(55)40-57)46-29-33-61(34-30-46)69(65-43-59-13-5-6-14-63(59)67-64-15-7-8-16-66(64)70-68(65)67)62-35-31-47(32-36-62)52-21-19-48-20-24-58(42-60(48)41-52)54-23-18-45-10-2-4-12-50(45)38-54/h1-43H. The minimum Gasteiger partial charge on any atom is -0.454 e. The molecule has 1 aromatic heterocycles. The minimum atomic E-state index is 0.863. The summed E-state index contributed by atoms with van der Waals surface area (Å²) < 4.78 is 6.86. The maximum absolute atomic E-state index is 6.86. The number of nitrogens with zero attached hydrogens (tertiary/aromatic N) is 1. The van der Waals surface area contributed by atoms with E-state index in [1.807, 2.05) is 0 Å². The van der Waals surface area contributed by atoms with E-state index in [1.54, 1.807) is 0 Å². The molecule has 0 aliphatic carbocycles. The summed E-state index contributed by atoms with van der Waals surface area (Å²) in [5.74, 6) is 0. The Morgan fingerprint density at radius 3 is 1.09 bits per heavy atom. The van der Waals surface area contributed by atoms with Gasteiger partial charge in [-0.05, 0) is 171 Å². The van der Waals surface area contributed by atoms with E-state index in [-0.39, 0.29) is 0 Å². The molecular weight excluding hydrogens is 847 g/mol. The molecule has 0 spiro atoms. The smallest absolute Gasteiger partial charge is 0.160 e. The summed E-state index contributed by atoms with van der Waals surface area (Å²) in [7, 11) is 0.